The first kappa shape index (κ1) is 17.6. The Bertz CT molecular complexity index is 892. The van der Waals surface area contributed by atoms with Crippen LogP contribution in [-0.2, 0) is 11.3 Å². The van der Waals surface area contributed by atoms with E-state index in [-0.39, 0.29) is 5.91 Å². The summed E-state index contributed by atoms with van der Waals surface area (Å²) in [5.74, 6) is 0.243. The fraction of sp³-hybridized carbons (Fsp3) is 0.211. The van der Waals surface area contributed by atoms with E-state index in [9.17, 15) is 4.79 Å². The highest BCUT2D eigenvalue weighted by Crippen LogP contribution is 2.28. The minimum absolute atomic E-state index is 0.192. The minimum Gasteiger partial charge on any atom is -0.479 e. The third-order valence-electron chi connectivity index (χ3n) is 3.90. The van der Waals surface area contributed by atoms with Crippen LogP contribution >= 0.6 is 23.2 Å². The molecule has 130 valence electrons. The standard InChI is InChI=1S/C19H18Cl2N2O2/c1-13(25-18-7-6-15(20)12-16(18)21)19(24)22-9-11-23-10-8-14-4-2-3-5-17(14)23/h2-8,10,12-13H,9,11H2,1H3,(H,22,24). The van der Waals surface area contributed by atoms with Gasteiger partial charge in [0.25, 0.3) is 5.91 Å². The zero-order chi connectivity index (χ0) is 17.8. The highest BCUT2D eigenvalue weighted by molar-refractivity contribution is 6.35. The summed E-state index contributed by atoms with van der Waals surface area (Å²) >= 11 is 11.9. The lowest BCUT2D eigenvalue weighted by Gasteiger charge is -2.16. The summed E-state index contributed by atoms with van der Waals surface area (Å²) in [4.78, 5) is 12.2. The minimum atomic E-state index is -0.653. The maximum absolute atomic E-state index is 12.2. The number of ether oxygens (including phenoxy) is 1. The molecule has 1 N–H and O–H groups in total. The number of hydrogen-bond donors (Lipinski definition) is 1. The van der Waals surface area contributed by atoms with Gasteiger partial charge in [-0.05, 0) is 42.6 Å². The van der Waals surface area contributed by atoms with E-state index in [0.717, 1.165) is 5.52 Å². The molecule has 0 aliphatic rings. The molecule has 0 spiro atoms. The molecule has 0 fully saturated rings. The first-order valence-electron chi connectivity index (χ1n) is 7.98. The Labute approximate surface area is 156 Å². The van der Waals surface area contributed by atoms with Crippen molar-refractivity contribution in [1.82, 2.24) is 9.88 Å². The van der Waals surface area contributed by atoms with Crippen LogP contribution in [0.25, 0.3) is 10.9 Å². The van der Waals surface area contributed by atoms with Crippen LogP contribution in [-0.4, -0.2) is 23.1 Å². The van der Waals surface area contributed by atoms with E-state index >= 15 is 0 Å². The van der Waals surface area contributed by atoms with Gasteiger partial charge in [-0.3, -0.25) is 4.79 Å². The number of amides is 1. The molecule has 1 heterocycles. The third kappa shape index (κ3) is 4.27. The lowest BCUT2D eigenvalue weighted by atomic mass is 10.2. The van der Waals surface area contributed by atoms with Gasteiger partial charge in [-0.15, -0.1) is 0 Å². The van der Waals surface area contributed by atoms with Crippen molar-refractivity contribution in [3.63, 3.8) is 0 Å². The van der Waals surface area contributed by atoms with Crippen LogP contribution in [0.15, 0.2) is 54.7 Å². The van der Waals surface area contributed by atoms with Crippen LogP contribution in [0.3, 0.4) is 0 Å². The number of fused-ring (bicyclic) bond motifs is 1. The number of hydrogen-bond acceptors (Lipinski definition) is 2. The van der Waals surface area contributed by atoms with E-state index in [0.29, 0.717) is 28.9 Å². The predicted octanol–water partition coefficient (Wildman–Crippen LogP) is 4.53. The number of benzene rings is 2. The molecule has 6 heteroatoms. The first-order valence-corrected chi connectivity index (χ1v) is 8.73. The Balaban J connectivity index is 1.53. The van der Waals surface area contributed by atoms with Gasteiger partial charge in [-0.1, -0.05) is 41.4 Å². The van der Waals surface area contributed by atoms with E-state index in [1.165, 1.54) is 5.39 Å². The Morgan fingerprint density at radius 3 is 2.80 bits per heavy atom. The number of aromatic nitrogens is 1. The summed E-state index contributed by atoms with van der Waals surface area (Å²) in [6, 6.07) is 15.1. The molecule has 0 radical (unpaired) electrons. The third-order valence-corrected chi connectivity index (χ3v) is 4.43. The molecule has 0 aliphatic carbocycles. The molecule has 0 saturated carbocycles. The maximum Gasteiger partial charge on any atom is 0.260 e. The van der Waals surface area contributed by atoms with Gasteiger partial charge in [-0.25, -0.2) is 0 Å². The van der Waals surface area contributed by atoms with Crippen LogP contribution < -0.4 is 10.1 Å². The second kappa shape index (κ2) is 7.81. The summed E-state index contributed by atoms with van der Waals surface area (Å²) in [7, 11) is 0. The average molecular weight is 377 g/mol. The van der Waals surface area contributed by atoms with Crippen molar-refractivity contribution in [2.24, 2.45) is 0 Å². The molecule has 1 aromatic heterocycles. The molecular weight excluding hydrogens is 359 g/mol. The monoisotopic (exact) mass is 376 g/mol. The molecule has 3 aromatic rings. The second-order valence-electron chi connectivity index (χ2n) is 5.69. The van der Waals surface area contributed by atoms with E-state index in [4.69, 9.17) is 27.9 Å². The van der Waals surface area contributed by atoms with Crippen LogP contribution in [0.2, 0.25) is 10.0 Å². The number of nitrogens with zero attached hydrogens (tertiary/aromatic N) is 1. The predicted molar refractivity (Wildman–Crippen MR) is 101 cm³/mol. The van der Waals surface area contributed by atoms with Crippen molar-refractivity contribution >= 4 is 40.0 Å². The van der Waals surface area contributed by atoms with Crippen LogP contribution in [0.1, 0.15) is 6.92 Å². The summed E-state index contributed by atoms with van der Waals surface area (Å²) in [6.07, 6.45) is 1.37. The van der Waals surface area contributed by atoms with Crippen LogP contribution in [0.4, 0.5) is 0 Å². The van der Waals surface area contributed by atoms with Gasteiger partial charge in [0, 0.05) is 29.8 Å². The second-order valence-corrected chi connectivity index (χ2v) is 6.54. The molecule has 0 aliphatic heterocycles. The van der Waals surface area contributed by atoms with Crippen molar-refractivity contribution in [3.05, 3.63) is 64.8 Å². The first-order chi connectivity index (χ1) is 12.0. The molecule has 3 rings (SSSR count). The fourth-order valence-corrected chi connectivity index (χ4v) is 3.05. The quantitative estimate of drug-likeness (QED) is 0.686. The van der Waals surface area contributed by atoms with Gasteiger partial charge in [0.15, 0.2) is 6.10 Å². The number of rotatable bonds is 6. The summed E-state index contributed by atoms with van der Waals surface area (Å²) < 4.78 is 7.72. The molecule has 1 atom stereocenters. The number of carbonyl (C=O) groups is 1. The molecule has 0 saturated heterocycles. The van der Waals surface area contributed by atoms with E-state index < -0.39 is 6.10 Å². The zero-order valence-electron chi connectivity index (χ0n) is 13.7. The van der Waals surface area contributed by atoms with Crippen molar-refractivity contribution < 1.29 is 9.53 Å². The SMILES string of the molecule is CC(Oc1ccc(Cl)cc1Cl)C(=O)NCCn1ccc2ccccc21. The molecule has 1 amide bonds. The zero-order valence-corrected chi connectivity index (χ0v) is 15.2. The smallest absolute Gasteiger partial charge is 0.260 e. The van der Waals surface area contributed by atoms with Crippen molar-refractivity contribution in [3.8, 4) is 5.75 Å². The average Bonchev–Trinajstić information content (AvgIpc) is 3.00. The Morgan fingerprint density at radius 2 is 2.00 bits per heavy atom. The van der Waals surface area contributed by atoms with Gasteiger partial charge in [0.05, 0.1) is 5.02 Å². The Kier molecular flexibility index (Phi) is 5.51. The highest BCUT2D eigenvalue weighted by atomic mass is 35.5. The van der Waals surface area contributed by atoms with E-state index in [2.05, 4.69) is 28.1 Å². The highest BCUT2D eigenvalue weighted by Gasteiger charge is 2.15. The normalized spacial score (nSPS) is 12.1. The summed E-state index contributed by atoms with van der Waals surface area (Å²) in [6.45, 7) is 2.89. The largest absolute Gasteiger partial charge is 0.479 e. The van der Waals surface area contributed by atoms with Gasteiger partial charge in [0.2, 0.25) is 0 Å². The van der Waals surface area contributed by atoms with Crippen molar-refractivity contribution in [2.45, 2.75) is 19.6 Å². The van der Waals surface area contributed by atoms with Crippen molar-refractivity contribution in [1.29, 1.82) is 0 Å². The van der Waals surface area contributed by atoms with Crippen molar-refractivity contribution in [2.75, 3.05) is 6.54 Å². The van der Waals surface area contributed by atoms with Gasteiger partial charge in [0.1, 0.15) is 5.75 Å². The van der Waals surface area contributed by atoms with Crippen LogP contribution in [0.5, 0.6) is 5.75 Å². The Morgan fingerprint density at radius 1 is 1.20 bits per heavy atom. The van der Waals surface area contributed by atoms with Gasteiger partial charge < -0.3 is 14.6 Å². The molecule has 0 bridgehead atoms. The summed E-state index contributed by atoms with van der Waals surface area (Å²) in [5.41, 5.74) is 1.15. The summed E-state index contributed by atoms with van der Waals surface area (Å²) in [5, 5.41) is 4.97. The fourth-order valence-electron chi connectivity index (χ4n) is 2.59. The number of carbonyl (C=O) groups excluding carboxylic acids is 1. The number of halogens is 2. The van der Waals surface area contributed by atoms with Gasteiger partial charge >= 0.3 is 0 Å². The molecule has 2 aromatic carbocycles. The number of nitrogens with one attached hydrogen (secondary N) is 1. The van der Waals surface area contributed by atoms with E-state index in [1.54, 1.807) is 25.1 Å². The number of para-hydroxylation sites is 1. The molecule has 1 unspecified atom stereocenters. The molecule has 25 heavy (non-hydrogen) atoms. The van der Waals surface area contributed by atoms with E-state index in [1.807, 2.05) is 18.3 Å². The maximum atomic E-state index is 12.2. The van der Waals surface area contributed by atoms with Crippen LogP contribution in [0, 0.1) is 0 Å². The molecular formula is C19H18Cl2N2O2. The Hall–Kier alpha value is -2.17. The molecule has 4 nitrogen and oxygen atoms in total. The lowest BCUT2D eigenvalue weighted by Crippen LogP contribution is -2.37. The lowest BCUT2D eigenvalue weighted by molar-refractivity contribution is -0.127. The van der Waals surface area contributed by atoms with Gasteiger partial charge in [-0.2, -0.15) is 0 Å². The topological polar surface area (TPSA) is 43.3 Å².